The van der Waals surface area contributed by atoms with Crippen molar-refractivity contribution in [3.05, 3.63) is 29.6 Å². The minimum absolute atomic E-state index is 0.299. The second kappa shape index (κ2) is 5.90. The van der Waals surface area contributed by atoms with E-state index >= 15 is 0 Å². The van der Waals surface area contributed by atoms with Gasteiger partial charge in [-0.2, -0.15) is 4.31 Å². The first kappa shape index (κ1) is 15.0. The molecular formula is C13H17N3O2S2. The highest BCUT2D eigenvalue weighted by Crippen LogP contribution is 2.25. The van der Waals surface area contributed by atoms with Crippen LogP contribution in [0.15, 0.2) is 34.5 Å². The Hall–Kier alpha value is -1.44. The molecule has 0 amide bonds. The number of aromatic nitrogens is 1. The lowest BCUT2D eigenvalue weighted by molar-refractivity contribution is 0.445. The molecule has 1 heterocycles. The predicted molar refractivity (Wildman–Crippen MR) is 82.1 cm³/mol. The Bertz CT molecular complexity index is 674. The van der Waals surface area contributed by atoms with Crippen molar-refractivity contribution < 1.29 is 8.42 Å². The van der Waals surface area contributed by atoms with Crippen molar-refractivity contribution in [3.8, 4) is 11.3 Å². The largest absolute Gasteiger partial charge is 0.375 e. The van der Waals surface area contributed by atoms with Crippen LogP contribution in [0.2, 0.25) is 0 Å². The monoisotopic (exact) mass is 311 g/mol. The molecule has 2 N–H and O–H groups in total. The third kappa shape index (κ3) is 2.84. The zero-order chi connectivity index (χ0) is 14.8. The van der Waals surface area contributed by atoms with Gasteiger partial charge in [0.2, 0.25) is 10.0 Å². The van der Waals surface area contributed by atoms with Gasteiger partial charge in [-0.1, -0.05) is 26.0 Å². The molecule has 0 fully saturated rings. The first-order valence-electron chi connectivity index (χ1n) is 6.30. The molecule has 2 aromatic rings. The zero-order valence-corrected chi connectivity index (χ0v) is 13.0. The molecule has 0 radical (unpaired) electrons. The van der Waals surface area contributed by atoms with E-state index in [2.05, 4.69) is 4.98 Å². The molecule has 0 unspecified atom stereocenters. The fraction of sp³-hybridized carbons (Fsp3) is 0.308. The van der Waals surface area contributed by atoms with E-state index in [1.807, 2.05) is 19.2 Å². The van der Waals surface area contributed by atoms with Gasteiger partial charge in [-0.05, 0) is 12.1 Å². The van der Waals surface area contributed by atoms with E-state index < -0.39 is 10.0 Å². The first-order chi connectivity index (χ1) is 9.48. The van der Waals surface area contributed by atoms with Gasteiger partial charge in [0.1, 0.15) is 0 Å². The minimum atomic E-state index is -3.40. The summed E-state index contributed by atoms with van der Waals surface area (Å²) in [5.74, 6) is 0. The summed E-state index contributed by atoms with van der Waals surface area (Å²) in [6.07, 6.45) is 0. The van der Waals surface area contributed by atoms with Crippen LogP contribution >= 0.6 is 11.3 Å². The SMILES string of the molecule is CCN(CC)S(=O)(=O)c1ccc(-c2csc(N)n2)cc1. The van der Waals surface area contributed by atoms with Crippen molar-refractivity contribution >= 4 is 26.5 Å². The maximum atomic E-state index is 12.3. The number of nitrogens with two attached hydrogens (primary N) is 1. The Labute approximate surface area is 123 Å². The molecule has 2 rings (SSSR count). The maximum Gasteiger partial charge on any atom is 0.243 e. The smallest absolute Gasteiger partial charge is 0.243 e. The van der Waals surface area contributed by atoms with Gasteiger partial charge in [0, 0.05) is 24.0 Å². The van der Waals surface area contributed by atoms with Crippen molar-refractivity contribution in [2.45, 2.75) is 18.7 Å². The normalized spacial score (nSPS) is 11.9. The lowest BCUT2D eigenvalue weighted by atomic mass is 10.2. The number of thiazole rings is 1. The molecule has 0 spiro atoms. The van der Waals surface area contributed by atoms with E-state index in [0.29, 0.717) is 23.1 Å². The number of rotatable bonds is 5. The summed E-state index contributed by atoms with van der Waals surface area (Å²) in [5.41, 5.74) is 7.22. The third-order valence-corrected chi connectivity index (χ3v) is 5.75. The van der Waals surface area contributed by atoms with Crippen LogP contribution in [0.5, 0.6) is 0 Å². The van der Waals surface area contributed by atoms with Gasteiger partial charge in [0.05, 0.1) is 10.6 Å². The summed E-state index contributed by atoms with van der Waals surface area (Å²) in [4.78, 5) is 4.48. The molecule has 0 aliphatic rings. The number of hydrogen-bond acceptors (Lipinski definition) is 5. The molecule has 0 bridgehead atoms. The summed E-state index contributed by atoms with van der Waals surface area (Å²) < 4.78 is 26.1. The van der Waals surface area contributed by atoms with Gasteiger partial charge in [-0.15, -0.1) is 11.3 Å². The number of sulfonamides is 1. The van der Waals surface area contributed by atoms with Crippen LogP contribution in [-0.4, -0.2) is 30.8 Å². The number of benzene rings is 1. The van der Waals surface area contributed by atoms with Crippen LogP contribution in [-0.2, 0) is 10.0 Å². The Balaban J connectivity index is 2.33. The molecule has 0 saturated carbocycles. The Morgan fingerprint density at radius 3 is 2.25 bits per heavy atom. The van der Waals surface area contributed by atoms with E-state index in [0.717, 1.165) is 11.3 Å². The summed E-state index contributed by atoms with van der Waals surface area (Å²) in [5, 5.41) is 2.35. The summed E-state index contributed by atoms with van der Waals surface area (Å²) in [6.45, 7) is 4.58. The summed E-state index contributed by atoms with van der Waals surface area (Å²) >= 11 is 1.36. The van der Waals surface area contributed by atoms with Crippen LogP contribution in [0.1, 0.15) is 13.8 Å². The Morgan fingerprint density at radius 1 is 1.20 bits per heavy atom. The van der Waals surface area contributed by atoms with Crippen LogP contribution in [0.4, 0.5) is 5.13 Å². The molecule has 0 atom stereocenters. The quantitative estimate of drug-likeness (QED) is 0.920. The van der Waals surface area contributed by atoms with Crippen molar-refractivity contribution in [1.82, 2.24) is 9.29 Å². The average Bonchev–Trinajstić information content (AvgIpc) is 2.87. The number of hydrogen-bond donors (Lipinski definition) is 1. The lowest BCUT2D eigenvalue weighted by Gasteiger charge is -2.18. The van der Waals surface area contributed by atoms with Crippen LogP contribution in [0, 0.1) is 0 Å². The minimum Gasteiger partial charge on any atom is -0.375 e. The summed E-state index contributed by atoms with van der Waals surface area (Å²) in [7, 11) is -3.40. The van der Waals surface area contributed by atoms with Gasteiger partial charge in [0.15, 0.2) is 5.13 Å². The highest BCUT2D eigenvalue weighted by Gasteiger charge is 2.21. The van der Waals surface area contributed by atoms with Gasteiger partial charge < -0.3 is 5.73 Å². The number of nitrogens with zero attached hydrogens (tertiary/aromatic N) is 2. The van der Waals surface area contributed by atoms with Crippen LogP contribution in [0.25, 0.3) is 11.3 Å². The fourth-order valence-corrected chi connectivity index (χ4v) is 3.96. The first-order valence-corrected chi connectivity index (χ1v) is 8.62. The number of anilines is 1. The molecule has 0 aliphatic carbocycles. The molecule has 20 heavy (non-hydrogen) atoms. The Kier molecular flexibility index (Phi) is 4.42. The highest BCUT2D eigenvalue weighted by atomic mass is 32.2. The second-order valence-corrected chi connectivity index (χ2v) is 7.01. The van der Waals surface area contributed by atoms with E-state index in [9.17, 15) is 8.42 Å². The van der Waals surface area contributed by atoms with Crippen LogP contribution < -0.4 is 5.73 Å². The average molecular weight is 311 g/mol. The van der Waals surface area contributed by atoms with E-state index in [1.54, 1.807) is 24.3 Å². The molecule has 108 valence electrons. The molecular weight excluding hydrogens is 294 g/mol. The molecule has 0 saturated heterocycles. The summed E-state index contributed by atoms with van der Waals surface area (Å²) in [6, 6.07) is 6.73. The van der Waals surface area contributed by atoms with Gasteiger partial charge in [-0.3, -0.25) is 0 Å². The predicted octanol–water partition coefficient (Wildman–Crippen LogP) is 2.42. The second-order valence-electron chi connectivity index (χ2n) is 4.18. The zero-order valence-electron chi connectivity index (χ0n) is 11.4. The van der Waals surface area contributed by atoms with E-state index in [-0.39, 0.29) is 0 Å². The third-order valence-electron chi connectivity index (χ3n) is 3.02. The molecule has 7 heteroatoms. The lowest BCUT2D eigenvalue weighted by Crippen LogP contribution is -2.30. The van der Waals surface area contributed by atoms with Crippen LogP contribution in [0.3, 0.4) is 0 Å². The van der Waals surface area contributed by atoms with Gasteiger partial charge >= 0.3 is 0 Å². The van der Waals surface area contributed by atoms with E-state index in [1.165, 1.54) is 15.6 Å². The maximum absolute atomic E-state index is 12.3. The molecule has 1 aromatic heterocycles. The topological polar surface area (TPSA) is 76.3 Å². The van der Waals surface area contributed by atoms with Crippen molar-refractivity contribution in [2.24, 2.45) is 0 Å². The molecule has 0 aliphatic heterocycles. The van der Waals surface area contributed by atoms with Crippen molar-refractivity contribution in [1.29, 1.82) is 0 Å². The van der Waals surface area contributed by atoms with Gasteiger partial charge in [0.25, 0.3) is 0 Å². The fourth-order valence-electron chi connectivity index (χ4n) is 1.93. The molecule has 1 aromatic carbocycles. The Morgan fingerprint density at radius 2 is 1.80 bits per heavy atom. The highest BCUT2D eigenvalue weighted by molar-refractivity contribution is 7.89. The standard InChI is InChI=1S/C13H17N3O2S2/c1-3-16(4-2)20(17,18)11-7-5-10(6-8-11)12-9-19-13(14)15-12/h5-9H,3-4H2,1-2H3,(H2,14,15). The number of nitrogen functional groups attached to an aromatic ring is 1. The molecule has 5 nitrogen and oxygen atoms in total. The van der Waals surface area contributed by atoms with Crippen molar-refractivity contribution in [2.75, 3.05) is 18.8 Å². The van der Waals surface area contributed by atoms with Gasteiger partial charge in [-0.25, -0.2) is 13.4 Å². The van der Waals surface area contributed by atoms with E-state index in [4.69, 9.17) is 5.73 Å². The van der Waals surface area contributed by atoms with Crippen molar-refractivity contribution in [3.63, 3.8) is 0 Å².